The van der Waals surface area contributed by atoms with Gasteiger partial charge in [-0.25, -0.2) is 4.79 Å². The van der Waals surface area contributed by atoms with E-state index < -0.39 is 67.5 Å². The average Bonchev–Trinajstić information content (AvgIpc) is 3.19. The monoisotopic (exact) mass is 512 g/mol. The molecule has 0 spiro atoms. The number of rotatable bonds is 10. The number of esters is 1. The van der Waals surface area contributed by atoms with E-state index in [4.69, 9.17) is 24.1 Å². The van der Waals surface area contributed by atoms with Crippen LogP contribution in [0.1, 0.15) is 26.7 Å². The van der Waals surface area contributed by atoms with Gasteiger partial charge in [-0.3, -0.25) is 0 Å². The van der Waals surface area contributed by atoms with Crippen LogP contribution >= 0.6 is 0 Å². The summed E-state index contributed by atoms with van der Waals surface area (Å²) in [5, 5.41) is 59.2. The molecule has 3 aliphatic rings. The summed E-state index contributed by atoms with van der Waals surface area (Å²) in [5.74, 6) is -1.54. The van der Waals surface area contributed by atoms with Crippen LogP contribution in [0, 0.1) is 11.8 Å². The highest BCUT2D eigenvalue weighted by Gasteiger charge is 2.49. The lowest BCUT2D eigenvalue weighted by molar-refractivity contribution is -0.339. The lowest BCUT2D eigenvalue weighted by Gasteiger charge is -2.42. The summed E-state index contributed by atoms with van der Waals surface area (Å²) in [7, 11) is 0. The molecule has 0 radical (unpaired) electrons. The summed E-state index contributed by atoms with van der Waals surface area (Å²) < 4.78 is 22.2. The zero-order valence-corrected chi connectivity index (χ0v) is 20.3. The minimum Gasteiger partial charge on any atom is -0.472 e. The Morgan fingerprint density at radius 2 is 1.81 bits per heavy atom. The Kier molecular flexibility index (Phi) is 10.2. The molecular formula is C25H36O11. The van der Waals surface area contributed by atoms with Crippen molar-refractivity contribution in [3.8, 4) is 0 Å². The van der Waals surface area contributed by atoms with E-state index in [0.717, 1.165) is 5.57 Å². The molecule has 1 aliphatic carbocycles. The van der Waals surface area contributed by atoms with E-state index in [9.17, 15) is 30.3 Å². The first-order valence-corrected chi connectivity index (χ1v) is 11.9. The highest BCUT2D eigenvalue weighted by molar-refractivity contribution is 5.87. The zero-order valence-electron chi connectivity index (χ0n) is 20.3. The molecule has 1 saturated heterocycles. The summed E-state index contributed by atoms with van der Waals surface area (Å²) in [6.07, 6.45) is 0.0670. The molecule has 0 amide bonds. The van der Waals surface area contributed by atoms with Crippen molar-refractivity contribution >= 4 is 5.97 Å². The SMILES string of the molecule is CC(=CCO)CCC=C(C)C(=O)OCC1=C[C@@H](O)[C@@H]2C=CO[C@@H](O[C@@H]3O[C@H](CO)[C@@H](O)[C@H](O)[C@H]3O)[C@H]12. The fourth-order valence-electron chi connectivity index (χ4n) is 4.48. The predicted molar refractivity (Wildman–Crippen MR) is 125 cm³/mol. The summed E-state index contributed by atoms with van der Waals surface area (Å²) in [5.41, 5.74) is 1.99. The van der Waals surface area contributed by atoms with E-state index in [1.54, 1.807) is 31.2 Å². The second-order valence-electron chi connectivity index (χ2n) is 9.24. The van der Waals surface area contributed by atoms with E-state index in [1.165, 1.54) is 6.26 Å². The maximum Gasteiger partial charge on any atom is 0.333 e. The van der Waals surface area contributed by atoms with Crippen LogP contribution in [0.3, 0.4) is 0 Å². The van der Waals surface area contributed by atoms with Crippen molar-refractivity contribution in [2.45, 2.75) is 69.8 Å². The molecule has 0 aromatic carbocycles. The highest BCUT2D eigenvalue weighted by Crippen LogP contribution is 2.41. The second kappa shape index (κ2) is 12.9. The summed E-state index contributed by atoms with van der Waals surface area (Å²) >= 11 is 0. The molecule has 11 heteroatoms. The van der Waals surface area contributed by atoms with Gasteiger partial charge in [0.25, 0.3) is 0 Å². The van der Waals surface area contributed by atoms with Crippen molar-refractivity contribution in [3.05, 3.63) is 47.3 Å². The molecule has 3 rings (SSSR count). The normalized spacial score (nSPS) is 36.8. The average molecular weight is 513 g/mol. The van der Waals surface area contributed by atoms with Crippen molar-refractivity contribution in [1.82, 2.24) is 0 Å². The third-order valence-corrected chi connectivity index (χ3v) is 6.67. The van der Waals surface area contributed by atoms with Gasteiger partial charge in [0.2, 0.25) is 6.29 Å². The Balaban J connectivity index is 1.63. The summed E-state index contributed by atoms with van der Waals surface area (Å²) in [6.45, 7) is 2.78. The van der Waals surface area contributed by atoms with Crippen LogP contribution in [0.15, 0.2) is 47.3 Å². The van der Waals surface area contributed by atoms with Crippen LogP contribution < -0.4 is 0 Å². The second-order valence-corrected chi connectivity index (χ2v) is 9.24. The topological polar surface area (TPSA) is 175 Å². The van der Waals surface area contributed by atoms with E-state index in [2.05, 4.69) is 0 Å². The van der Waals surface area contributed by atoms with Crippen molar-refractivity contribution in [1.29, 1.82) is 0 Å². The largest absolute Gasteiger partial charge is 0.472 e. The highest BCUT2D eigenvalue weighted by atomic mass is 16.8. The van der Waals surface area contributed by atoms with Crippen molar-refractivity contribution in [2.75, 3.05) is 19.8 Å². The van der Waals surface area contributed by atoms with Gasteiger partial charge in [-0.1, -0.05) is 23.8 Å². The molecular weight excluding hydrogens is 476 g/mol. The number of hydrogen-bond donors (Lipinski definition) is 6. The number of aliphatic hydroxyl groups is 6. The van der Waals surface area contributed by atoms with Gasteiger partial charge in [0.1, 0.15) is 31.0 Å². The standard InChI is InChI=1S/C25H36O11/c1-13(6-8-26)4-3-5-14(2)23(32)34-12-15-10-17(28)16-7-9-33-24(19(15)16)36-25-22(31)21(30)20(29)18(11-27)35-25/h5-7,9-10,16-22,24-31H,3-4,8,11-12H2,1-2H3/t16-,17+,18+,19+,20+,21-,22+,24-,25-/m0/s1. The first-order valence-electron chi connectivity index (χ1n) is 11.9. The lowest BCUT2D eigenvalue weighted by Crippen LogP contribution is -2.60. The number of hydrogen-bond acceptors (Lipinski definition) is 11. The smallest absolute Gasteiger partial charge is 0.333 e. The number of allylic oxidation sites excluding steroid dienone is 2. The number of aliphatic hydroxyl groups excluding tert-OH is 6. The van der Waals surface area contributed by atoms with Crippen LogP contribution in [0.4, 0.5) is 0 Å². The molecule has 0 aromatic heterocycles. The van der Waals surface area contributed by atoms with Gasteiger partial charge < -0.3 is 49.6 Å². The molecule has 11 nitrogen and oxygen atoms in total. The van der Waals surface area contributed by atoms with Crippen LogP contribution in [0.2, 0.25) is 0 Å². The molecule has 0 unspecified atom stereocenters. The van der Waals surface area contributed by atoms with Gasteiger partial charge in [0.05, 0.1) is 31.5 Å². The third-order valence-electron chi connectivity index (χ3n) is 6.67. The van der Waals surface area contributed by atoms with E-state index in [0.29, 0.717) is 24.0 Å². The quantitative estimate of drug-likeness (QED) is 0.125. The summed E-state index contributed by atoms with van der Waals surface area (Å²) in [6, 6.07) is 0. The van der Waals surface area contributed by atoms with Crippen LogP contribution in [0.5, 0.6) is 0 Å². The van der Waals surface area contributed by atoms with Crippen molar-refractivity contribution in [3.63, 3.8) is 0 Å². The molecule has 0 saturated carbocycles. The lowest BCUT2D eigenvalue weighted by atomic mass is 9.88. The number of carbonyl (C=O) groups excluding carboxylic acids is 1. The van der Waals surface area contributed by atoms with E-state index in [-0.39, 0.29) is 13.2 Å². The van der Waals surface area contributed by atoms with E-state index in [1.807, 2.05) is 6.92 Å². The molecule has 202 valence electrons. The zero-order chi connectivity index (χ0) is 26.4. The minimum atomic E-state index is -1.61. The maximum atomic E-state index is 12.5. The predicted octanol–water partition coefficient (Wildman–Crippen LogP) is -0.585. The Bertz CT molecular complexity index is 877. The number of carbonyl (C=O) groups is 1. The molecule has 2 aliphatic heterocycles. The third kappa shape index (κ3) is 6.61. The van der Waals surface area contributed by atoms with Crippen LogP contribution in [0.25, 0.3) is 0 Å². The van der Waals surface area contributed by atoms with Crippen molar-refractivity contribution < 1.29 is 54.4 Å². The molecule has 0 aromatic rings. The van der Waals surface area contributed by atoms with Gasteiger partial charge in [0, 0.05) is 11.5 Å². The Labute approximate surface area is 209 Å². The Morgan fingerprint density at radius 3 is 2.50 bits per heavy atom. The van der Waals surface area contributed by atoms with Gasteiger partial charge in [-0.15, -0.1) is 0 Å². The van der Waals surface area contributed by atoms with Gasteiger partial charge in [-0.05, 0) is 38.3 Å². The Morgan fingerprint density at radius 1 is 1.06 bits per heavy atom. The number of ether oxygens (including phenoxy) is 4. The van der Waals surface area contributed by atoms with Crippen LogP contribution in [-0.2, 0) is 23.7 Å². The van der Waals surface area contributed by atoms with Crippen molar-refractivity contribution in [2.24, 2.45) is 11.8 Å². The minimum absolute atomic E-state index is 0.0281. The molecule has 2 heterocycles. The Hall–Kier alpha value is -2.09. The van der Waals surface area contributed by atoms with Crippen LogP contribution in [-0.4, -0.2) is 99.5 Å². The first kappa shape index (κ1) is 28.5. The molecule has 36 heavy (non-hydrogen) atoms. The van der Waals surface area contributed by atoms with Gasteiger partial charge in [-0.2, -0.15) is 0 Å². The fraction of sp³-hybridized carbons (Fsp3) is 0.640. The molecule has 0 bridgehead atoms. The summed E-state index contributed by atoms with van der Waals surface area (Å²) in [4.78, 5) is 12.5. The molecule has 6 N–H and O–H groups in total. The first-order chi connectivity index (χ1) is 17.2. The van der Waals surface area contributed by atoms with Gasteiger partial charge in [0.15, 0.2) is 6.29 Å². The number of fused-ring (bicyclic) bond motifs is 1. The molecule has 9 atom stereocenters. The molecule has 1 fully saturated rings. The maximum absolute atomic E-state index is 12.5. The fourth-order valence-corrected chi connectivity index (χ4v) is 4.48. The van der Waals surface area contributed by atoms with E-state index >= 15 is 0 Å². The van der Waals surface area contributed by atoms with Gasteiger partial charge >= 0.3 is 5.97 Å².